The zero-order valence-corrected chi connectivity index (χ0v) is 14.8. The van der Waals surface area contributed by atoms with Crippen molar-refractivity contribution >= 4 is 22.8 Å². The Morgan fingerprint density at radius 1 is 1.00 bits per heavy atom. The van der Waals surface area contributed by atoms with Gasteiger partial charge in [0.25, 0.3) is 5.56 Å². The molecule has 0 bridgehead atoms. The van der Waals surface area contributed by atoms with Crippen LogP contribution in [0.1, 0.15) is 11.1 Å². The van der Waals surface area contributed by atoms with Crippen molar-refractivity contribution < 1.29 is 13.2 Å². The molecule has 0 amide bonds. The number of aromatic nitrogens is 5. The molecule has 0 aliphatic heterocycles. The van der Waals surface area contributed by atoms with E-state index in [1.165, 1.54) is 27.7 Å². The molecule has 2 aromatic carbocycles. The second-order valence-corrected chi connectivity index (χ2v) is 6.46. The minimum absolute atomic E-state index is 0.0596. The predicted molar refractivity (Wildman–Crippen MR) is 96.5 cm³/mol. The van der Waals surface area contributed by atoms with Crippen molar-refractivity contribution in [2.75, 3.05) is 0 Å². The molecule has 2 heterocycles. The van der Waals surface area contributed by atoms with Crippen LogP contribution in [0.2, 0.25) is 5.02 Å². The maximum Gasteiger partial charge on any atom is 0.416 e. The van der Waals surface area contributed by atoms with Crippen molar-refractivity contribution in [2.24, 2.45) is 0 Å². The molecule has 4 rings (SSSR count). The first-order valence-corrected chi connectivity index (χ1v) is 8.43. The highest BCUT2D eigenvalue weighted by Crippen LogP contribution is 2.29. The largest absolute Gasteiger partial charge is 0.416 e. The molecule has 0 fully saturated rings. The Kier molecular flexibility index (Phi) is 4.38. The minimum atomic E-state index is -4.41. The first-order chi connectivity index (χ1) is 13.3. The van der Waals surface area contributed by atoms with E-state index in [0.29, 0.717) is 16.3 Å². The molecule has 0 radical (unpaired) electrons. The van der Waals surface area contributed by atoms with Crippen LogP contribution in [0.25, 0.3) is 16.9 Å². The maximum atomic E-state index is 12.7. The highest BCUT2D eigenvalue weighted by Gasteiger charge is 2.29. The zero-order valence-electron chi connectivity index (χ0n) is 14.1. The van der Waals surface area contributed by atoms with Gasteiger partial charge in [-0.2, -0.15) is 17.9 Å². The number of halogens is 4. The highest BCUT2D eigenvalue weighted by molar-refractivity contribution is 6.30. The molecule has 28 heavy (non-hydrogen) atoms. The molecule has 0 aliphatic rings. The summed E-state index contributed by atoms with van der Waals surface area (Å²) >= 11 is 5.87. The summed E-state index contributed by atoms with van der Waals surface area (Å²) in [7, 11) is 0. The first kappa shape index (κ1) is 18.2. The maximum absolute atomic E-state index is 12.7. The van der Waals surface area contributed by atoms with E-state index in [1.807, 2.05) is 0 Å². The quantitative estimate of drug-likeness (QED) is 0.521. The molecular formula is C18H11ClF3N5O. The van der Waals surface area contributed by atoms with Gasteiger partial charge < -0.3 is 0 Å². The van der Waals surface area contributed by atoms with E-state index in [0.717, 1.165) is 12.1 Å². The number of hydrogen-bond acceptors (Lipinski definition) is 4. The number of alkyl halides is 3. The summed E-state index contributed by atoms with van der Waals surface area (Å²) in [4.78, 5) is 16.9. The van der Waals surface area contributed by atoms with Gasteiger partial charge in [-0.1, -0.05) is 28.9 Å². The Morgan fingerprint density at radius 2 is 1.68 bits per heavy atom. The SMILES string of the molecule is O=c1c2nnn(-c3ccc(Cl)cc3)c2ncn1Cc1ccc(C(F)(F)F)cc1. The summed E-state index contributed by atoms with van der Waals surface area (Å²) in [5.41, 5.74) is 0.314. The molecule has 0 atom stereocenters. The van der Waals surface area contributed by atoms with Gasteiger partial charge in [-0.25, -0.2) is 4.98 Å². The summed E-state index contributed by atoms with van der Waals surface area (Å²) in [5, 5.41) is 8.42. The Morgan fingerprint density at radius 3 is 2.32 bits per heavy atom. The molecule has 0 aliphatic carbocycles. The van der Waals surface area contributed by atoms with E-state index in [4.69, 9.17) is 11.6 Å². The van der Waals surface area contributed by atoms with Crippen LogP contribution in [0.5, 0.6) is 0 Å². The lowest BCUT2D eigenvalue weighted by molar-refractivity contribution is -0.137. The molecule has 6 nitrogen and oxygen atoms in total. The monoisotopic (exact) mass is 405 g/mol. The third-order valence-electron chi connectivity index (χ3n) is 4.13. The van der Waals surface area contributed by atoms with Crippen molar-refractivity contribution in [1.29, 1.82) is 0 Å². The number of hydrogen-bond donors (Lipinski definition) is 0. The second-order valence-electron chi connectivity index (χ2n) is 6.02. The lowest BCUT2D eigenvalue weighted by Crippen LogP contribution is -2.21. The molecule has 0 N–H and O–H groups in total. The molecule has 142 valence electrons. The number of benzene rings is 2. The minimum Gasteiger partial charge on any atom is -0.293 e. The van der Waals surface area contributed by atoms with Gasteiger partial charge in [0, 0.05) is 5.02 Å². The molecule has 0 saturated carbocycles. The van der Waals surface area contributed by atoms with E-state index >= 15 is 0 Å². The smallest absolute Gasteiger partial charge is 0.293 e. The normalized spacial score (nSPS) is 11.9. The van der Waals surface area contributed by atoms with Crippen molar-refractivity contribution in [3.63, 3.8) is 0 Å². The number of fused-ring (bicyclic) bond motifs is 1. The summed E-state index contributed by atoms with van der Waals surface area (Å²) in [6.07, 6.45) is -3.09. The van der Waals surface area contributed by atoms with Crippen LogP contribution in [0.4, 0.5) is 13.2 Å². The van der Waals surface area contributed by atoms with Gasteiger partial charge in [-0.15, -0.1) is 5.10 Å². The fourth-order valence-corrected chi connectivity index (χ4v) is 2.83. The lowest BCUT2D eigenvalue weighted by atomic mass is 10.1. The number of rotatable bonds is 3. The molecule has 4 aromatic rings. The van der Waals surface area contributed by atoms with Crippen LogP contribution in [0.15, 0.2) is 59.7 Å². The predicted octanol–water partition coefficient (Wildman–Crippen LogP) is 3.70. The fraction of sp³-hybridized carbons (Fsp3) is 0.111. The van der Waals surface area contributed by atoms with Crippen LogP contribution in [0, 0.1) is 0 Å². The summed E-state index contributed by atoms with van der Waals surface area (Å²) in [6, 6.07) is 11.4. The van der Waals surface area contributed by atoms with Crippen molar-refractivity contribution in [3.05, 3.63) is 81.4 Å². The van der Waals surface area contributed by atoms with Crippen LogP contribution in [-0.4, -0.2) is 24.5 Å². The van der Waals surface area contributed by atoms with Gasteiger partial charge in [0.1, 0.15) is 6.33 Å². The summed E-state index contributed by atoms with van der Waals surface area (Å²) < 4.78 is 40.7. The van der Waals surface area contributed by atoms with Crippen molar-refractivity contribution in [3.8, 4) is 5.69 Å². The third kappa shape index (κ3) is 3.36. The van der Waals surface area contributed by atoms with Crippen molar-refractivity contribution in [2.45, 2.75) is 12.7 Å². The number of nitrogens with zero attached hydrogens (tertiary/aromatic N) is 5. The van der Waals surface area contributed by atoms with Gasteiger partial charge in [-0.3, -0.25) is 9.36 Å². The topological polar surface area (TPSA) is 65.6 Å². The van der Waals surface area contributed by atoms with E-state index in [-0.39, 0.29) is 17.7 Å². The standard InChI is InChI=1S/C18H11ClF3N5O/c19-13-5-7-14(8-6-13)27-16-15(24-25-27)17(28)26(10-23-16)9-11-1-3-12(4-2-11)18(20,21)22/h1-8,10H,9H2. The van der Waals surface area contributed by atoms with Crippen LogP contribution >= 0.6 is 11.6 Å². The molecule has 0 unspecified atom stereocenters. The summed E-state index contributed by atoms with van der Waals surface area (Å²) in [6.45, 7) is 0.0632. The first-order valence-electron chi connectivity index (χ1n) is 8.06. The molecule has 0 spiro atoms. The average molecular weight is 406 g/mol. The Labute approximate surface area is 160 Å². The van der Waals surface area contributed by atoms with E-state index in [2.05, 4.69) is 15.3 Å². The van der Waals surface area contributed by atoms with Gasteiger partial charge in [-0.05, 0) is 42.0 Å². The van der Waals surface area contributed by atoms with Crippen LogP contribution in [-0.2, 0) is 12.7 Å². The van der Waals surface area contributed by atoms with Gasteiger partial charge in [0.2, 0.25) is 0 Å². The third-order valence-corrected chi connectivity index (χ3v) is 4.39. The van der Waals surface area contributed by atoms with E-state index in [9.17, 15) is 18.0 Å². The van der Waals surface area contributed by atoms with Crippen LogP contribution < -0.4 is 5.56 Å². The van der Waals surface area contributed by atoms with Gasteiger partial charge in [0.15, 0.2) is 11.2 Å². The Hall–Kier alpha value is -3.20. The van der Waals surface area contributed by atoms with Gasteiger partial charge in [0.05, 0.1) is 17.8 Å². The summed E-state index contributed by atoms with van der Waals surface area (Å²) in [5.74, 6) is 0. The Balaban J connectivity index is 1.67. The lowest BCUT2D eigenvalue weighted by Gasteiger charge is -2.09. The van der Waals surface area contributed by atoms with E-state index < -0.39 is 17.3 Å². The highest BCUT2D eigenvalue weighted by atomic mass is 35.5. The molecule has 2 aromatic heterocycles. The molecule has 10 heteroatoms. The van der Waals surface area contributed by atoms with Crippen LogP contribution in [0.3, 0.4) is 0 Å². The van der Waals surface area contributed by atoms with E-state index in [1.54, 1.807) is 24.3 Å². The zero-order chi connectivity index (χ0) is 19.9. The molecule has 0 saturated heterocycles. The Bertz CT molecular complexity index is 1200. The molecular weight excluding hydrogens is 395 g/mol. The average Bonchev–Trinajstić information content (AvgIpc) is 3.09. The fourth-order valence-electron chi connectivity index (χ4n) is 2.71. The second kappa shape index (κ2) is 6.75. The van der Waals surface area contributed by atoms with Gasteiger partial charge >= 0.3 is 6.18 Å². The van der Waals surface area contributed by atoms with Crippen molar-refractivity contribution in [1.82, 2.24) is 24.5 Å².